The fourth-order valence-corrected chi connectivity index (χ4v) is 5.06. The molecule has 2 aliphatic rings. The molecule has 5 rings (SSSR count). The molecule has 0 radical (unpaired) electrons. The monoisotopic (exact) mass is 424 g/mol. The summed E-state index contributed by atoms with van der Waals surface area (Å²) in [5.74, 6) is 0.375. The van der Waals surface area contributed by atoms with Crippen LogP contribution in [0.3, 0.4) is 0 Å². The zero-order valence-corrected chi connectivity index (χ0v) is 17.9. The van der Waals surface area contributed by atoms with E-state index in [1.807, 2.05) is 46.7 Å². The number of carbonyl (C=O) groups excluding carboxylic acids is 1. The lowest BCUT2D eigenvalue weighted by Crippen LogP contribution is -2.50. The van der Waals surface area contributed by atoms with E-state index in [4.69, 9.17) is 5.26 Å². The highest BCUT2D eigenvalue weighted by molar-refractivity contribution is 5.89. The van der Waals surface area contributed by atoms with Crippen LogP contribution >= 0.6 is 0 Å². The zero-order chi connectivity index (χ0) is 22.2. The molecule has 6 nitrogen and oxygen atoms in total. The Balaban J connectivity index is 1.40. The van der Waals surface area contributed by atoms with Gasteiger partial charge in [-0.2, -0.15) is 5.26 Å². The first-order valence-corrected chi connectivity index (χ1v) is 10.9. The molecule has 3 aromatic rings. The molecule has 2 unspecified atom stereocenters. The maximum absolute atomic E-state index is 13.4. The second kappa shape index (κ2) is 8.01. The number of hydrogen-bond acceptors (Lipinski definition) is 3. The quantitative estimate of drug-likeness (QED) is 0.664. The molecule has 2 bridgehead atoms. The molecule has 2 aliphatic heterocycles. The molecule has 0 aliphatic carbocycles. The van der Waals surface area contributed by atoms with Gasteiger partial charge in [0.1, 0.15) is 0 Å². The van der Waals surface area contributed by atoms with Gasteiger partial charge in [-0.25, -0.2) is 4.79 Å². The van der Waals surface area contributed by atoms with Gasteiger partial charge in [0.05, 0.1) is 11.6 Å². The third-order valence-corrected chi connectivity index (χ3v) is 6.57. The number of benzene rings is 2. The maximum atomic E-state index is 13.4. The molecule has 0 saturated carbocycles. The molecule has 1 N–H and O–H groups in total. The number of rotatable bonds is 2. The van der Waals surface area contributed by atoms with Gasteiger partial charge >= 0.3 is 6.03 Å². The maximum Gasteiger partial charge on any atom is 0.321 e. The van der Waals surface area contributed by atoms with Crippen molar-refractivity contribution in [2.24, 2.45) is 5.92 Å². The molecule has 0 spiro atoms. The summed E-state index contributed by atoms with van der Waals surface area (Å²) < 4.78 is 1.92. The number of hydrogen-bond donors (Lipinski definition) is 1. The molecule has 2 aromatic carbocycles. The molecule has 6 heteroatoms. The number of aromatic nitrogens is 1. The third-order valence-electron chi connectivity index (χ3n) is 6.57. The molecule has 2 atom stereocenters. The summed E-state index contributed by atoms with van der Waals surface area (Å²) >= 11 is 0. The van der Waals surface area contributed by atoms with Crippen molar-refractivity contribution in [3.05, 3.63) is 87.8 Å². The van der Waals surface area contributed by atoms with Crippen molar-refractivity contribution >= 4 is 11.7 Å². The standard InChI is InChI=1S/C26H24N4O2/c1-17-5-2-3-8-22(17)23-9-10-24-20-11-19(15-30(24)25(23)31)14-29(16-20)26(32)28-21-7-4-6-18(12-21)13-27/h2-10,12,19-20H,11,14-16H2,1H3,(H,28,32). The number of fused-ring (bicyclic) bond motifs is 4. The van der Waals surface area contributed by atoms with Gasteiger partial charge < -0.3 is 14.8 Å². The van der Waals surface area contributed by atoms with Crippen LogP contribution in [-0.4, -0.2) is 28.6 Å². The van der Waals surface area contributed by atoms with Crippen LogP contribution in [0, 0.1) is 24.2 Å². The summed E-state index contributed by atoms with van der Waals surface area (Å²) in [5, 5.41) is 12.0. The summed E-state index contributed by atoms with van der Waals surface area (Å²) in [6.45, 7) is 3.83. The van der Waals surface area contributed by atoms with Crippen molar-refractivity contribution in [1.82, 2.24) is 9.47 Å². The first-order chi connectivity index (χ1) is 15.5. The number of urea groups is 1. The number of aryl methyl sites for hydroxylation is 1. The number of pyridine rings is 1. The largest absolute Gasteiger partial charge is 0.324 e. The number of amides is 2. The Bertz CT molecular complexity index is 1300. The Labute approximate surface area is 186 Å². The van der Waals surface area contributed by atoms with Crippen LogP contribution < -0.4 is 10.9 Å². The van der Waals surface area contributed by atoms with Crippen molar-refractivity contribution in [3.8, 4) is 17.2 Å². The number of nitrogens with zero attached hydrogens (tertiary/aromatic N) is 3. The van der Waals surface area contributed by atoms with Crippen molar-refractivity contribution < 1.29 is 4.79 Å². The number of anilines is 1. The number of carbonyl (C=O) groups is 1. The van der Waals surface area contributed by atoms with E-state index < -0.39 is 0 Å². The van der Waals surface area contributed by atoms with Gasteiger partial charge in [-0.3, -0.25) is 4.79 Å². The lowest BCUT2D eigenvalue weighted by Gasteiger charge is -2.42. The summed E-state index contributed by atoms with van der Waals surface area (Å²) in [5.41, 5.74) is 4.98. The first kappa shape index (κ1) is 20.1. The SMILES string of the molecule is Cc1ccccc1-c1ccc2n(c1=O)CC1CC2CN(C(=O)Nc2cccc(C#N)c2)C1. The smallest absolute Gasteiger partial charge is 0.321 e. The molecular weight excluding hydrogens is 400 g/mol. The van der Waals surface area contributed by atoms with Crippen molar-refractivity contribution in [1.29, 1.82) is 5.26 Å². The summed E-state index contributed by atoms with van der Waals surface area (Å²) in [4.78, 5) is 28.1. The van der Waals surface area contributed by atoms with E-state index in [0.29, 0.717) is 30.9 Å². The first-order valence-electron chi connectivity index (χ1n) is 10.9. The molecule has 1 aromatic heterocycles. The highest BCUT2D eigenvalue weighted by Crippen LogP contribution is 2.36. The second-order valence-electron chi connectivity index (χ2n) is 8.73. The van der Waals surface area contributed by atoms with E-state index >= 15 is 0 Å². The van der Waals surface area contributed by atoms with Gasteiger partial charge in [0.25, 0.3) is 5.56 Å². The number of piperidine rings is 1. The van der Waals surface area contributed by atoms with E-state index in [1.165, 1.54) is 0 Å². The molecule has 1 saturated heterocycles. The summed E-state index contributed by atoms with van der Waals surface area (Å²) in [6, 6.07) is 20.8. The molecule has 1 fully saturated rings. The Morgan fingerprint density at radius 2 is 1.88 bits per heavy atom. The highest BCUT2D eigenvalue weighted by Gasteiger charge is 2.36. The minimum Gasteiger partial charge on any atom is -0.324 e. The number of likely N-dealkylation sites (tertiary alicyclic amines) is 1. The van der Waals surface area contributed by atoms with Crippen molar-refractivity contribution in [2.45, 2.75) is 25.8 Å². The molecule has 32 heavy (non-hydrogen) atoms. The topological polar surface area (TPSA) is 78.1 Å². The average molecular weight is 425 g/mol. The van der Waals surface area contributed by atoms with Crippen LogP contribution in [0.4, 0.5) is 10.5 Å². The van der Waals surface area contributed by atoms with Crippen LogP contribution in [0.15, 0.2) is 65.5 Å². The summed E-state index contributed by atoms with van der Waals surface area (Å²) in [7, 11) is 0. The van der Waals surface area contributed by atoms with Crippen LogP contribution in [0.25, 0.3) is 11.1 Å². The highest BCUT2D eigenvalue weighted by atomic mass is 16.2. The van der Waals surface area contributed by atoms with E-state index in [-0.39, 0.29) is 23.4 Å². The predicted octanol–water partition coefficient (Wildman–Crippen LogP) is 4.35. The van der Waals surface area contributed by atoms with Crippen molar-refractivity contribution in [2.75, 3.05) is 18.4 Å². The molecular formula is C26H24N4O2. The van der Waals surface area contributed by atoms with Crippen LogP contribution in [0.1, 0.15) is 29.2 Å². The van der Waals surface area contributed by atoms with Gasteiger partial charge in [-0.15, -0.1) is 0 Å². The fourth-order valence-electron chi connectivity index (χ4n) is 5.06. The van der Waals surface area contributed by atoms with E-state index in [1.54, 1.807) is 24.3 Å². The van der Waals surface area contributed by atoms with Gasteiger partial charge in [0.15, 0.2) is 0 Å². The van der Waals surface area contributed by atoms with E-state index in [0.717, 1.165) is 28.8 Å². The second-order valence-corrected chi connectivity index (χ2v) is 8.73. The Morgan fingerprint density at radius 3 is 2.69 bits per heavy atom. The van der Waals surface area contributed by atoms with E-state index in [2.05, 4.69) is 17.5 Å². The lowest BCUT2D eigenvalue weighted by atomic mass is 9.83. The summed E-state index contributed by atoms with van der Waals surface area (Å²) in [6.07, 6.45) is 0.983. The molecule has 3 heterocycles. The number of nitrogens with one attached hydrogen (secondary N) is 1. The Morgan fingerprint density at radius 1 is 1.03 bits per heavy atom. The van der Waals surface area contributed by atoms with Gasteiger partial charge in [0.2, 0.25) is 0 Å². The van der Waals surface area contributed by atoms with Crippen LogP contribution in [-0.2, 0) is 6.54 Å². The minimum absolute atomic E-state index is 0.0534. The van der Waals surface area contributed by atoms with E-state index in [9.17, 15) is 9.59 Å². The fraction of sp³-hybridized carbons (Fsp3) is 0.269. The molecule has 2 amide bonds. The molecule has 160 valence electrons. The normalized spacial score (nSPS) is 19.1. The zero-order valence-electron chi connectivity index (χ0n) is 17.9. The Hall–Kier alpha value is -3.85. The van der Waals surface area contributed by atoms with Gasteiger partial charge in [0, 0.05) is 42.5 Å². The minimum atomic E-state index is -0.165. The van der Waals surface area contributed by atoms with Gasteiger partial charge in [-0.1, -0.05) is 30.3 Å². The van der Waals surface area contributed by atoms with Crippen LogP contribution in [0.2, 0.25) is 0 Å². The number of nitriles is 1. The van der Waals surface area contributed by atoms with Gasteiger partial charge in [-0.05, 0) is 60.7 Å². The third kappa shape index (κ3) is 3.56. The van der Waals surface area contributed by atoms with Crippen molar-refractivity contribution in [3.63, 3.8) is 0 Å². The average Bonchev–Trinajstić information content (AvgIpc) is 2.80. The Kier molecular flexibility index (Phi) is 5.02. The lowest BCUT2D eigenvalue weighted by molar-refractivity contribution is 0.139. The van der Waals surface area contributed by atoms with Crippen LogP contribution in [0.5, 0.6) is 0 Å². The predicted molar refractivity (Wildman–Crippen MR) is 123 cm³/mol.